The molecular weight excluding hydrogens is 382 g/mol. The third-order valence-corrected chi connectivity index (χ3v) is 4.30. The fraction of sp³-hybridized carbons (Fsp3) is 0.368. The van der Waals surface area contributed by atoms with Gasteiger partial charge in [-0.1, -0.05) is 30.3 Å². The monoisotopic (exact) mass is 405 g/mol. The predicted octanol–water partition coefficient (Wildman–Crippen LogP) is 0.481. The summed E-state index contributed by atoms with van der Waals surface area (Å²) >= 11 is 5.28. The largest absolute Gasteiger partial charge is 0.463 e. The Bertz CT molecular complexity index is 738. The van der Waals surface area contributed by atoms with Crippen molar-refractivity contribution >= 4 is 41.2 Å². The molecule has 1 fully saturated rings. The SMILES string of the molecule is COCCOC(=O)CC1C(=O)NCCN1C(=S)NC(=O)C=Cc1ccccc1. The lowest BCUT2D eigenvalue weighted by Crippen LogP contribution is -2.60. The van der Waals surface area contributed by atoms with Gasteiger partial charge in [-0.15, -0.1) is 0 Å². The van der Waals surface area contributed by atoms with Gasteiger partial charge < -0.3 is 19.7 Å². The van der Waals surface area contributed by atoms with Crippen LogP contribution in [0, 0.1) is 0 Å². The highest BCUT2D eigenvalue weighted by atomic mass is 32.1. The molecule has 1 aromatic rings. The standard InChI is InChI=1S/C19H23N3O5S/c1-26-11-12-27-17(24)13-15-18(25)20-9-10-22(15)19(28)21-16(23)8-7-14-5-3-2-4-6-14/h2-8,15H,9-13H2,1H3,(H,20,25)(H,21,23,28). The molecule has 1 saturated heterocycles. The number of carbonyl (C=O) groups excluding carboxylic acids is 3. The van der Waals surface area contributed by atoms with Crippen LogP contribution in [0.3, 0.4) is 0 Å². The van der Waals surface area contributed by atoms with E-state index in [0.29, 0.717) is 13.1 Å². The minimum Gasteiger partial charge on any atom is -0.463 e. The number of rotatable bonds is 7. The number of piperazine rings is 1. The van der Waals surface area contributed by atoms with Crippen LogP contribution in [-0.4, -0.2) is 67.3 Å². The van der Waals surface area contributed by atoms with E-state index >= 15 is 0 Å². The molecule has 0 aliphatic carbocycles. The second-order valence-electron chi connectivity index (χ2n) is 5.96. The summed E-state index contributed by atoms with van der Waals surface area (Å²) in [5.74, 6) is -1.30. The van der Waals surface area contributed by atoms with Crippen molar-refractivity contribution in [3.05, 3.63) is 42.0 Å². The average molecular weight is 405 g/mol. The Hall–Kier alpha value is -2.78. The second kappa shape index (κ2) is 11.2. The summed E-state index contributed by atoms with van der Waals surface area (Å²) in [6, 6.07) is 8.50. The number of hydrogen-bond donors (Lipinski definition) is 2. The number of benzene rings is 1. The number of carbonyl (C=O) groups is 3. The van der Waals surface area contributed by atoms with E-state index in [1.165, 1.54) is 18.1 Å². The molecule has 1 heterocycles. The molecule has 150 valence electrons. The van der Waals surface area contributed by atoms with E-state index in [4.69, 9.17) is 21.7 Å². The van der Waals surface area contributed by atoms with E-state index in [1.807, 2.05) is 30.3 Å². The first kappa shape index (κ1) is 21.5. The molecule has 1 atom stereocenters. The van der Waals surface area contributed by atoms with Gasteiger partial charge in [-0.3, -0.25) is 19.7 Å². The normalized spacial score (nSPS) is 16.5. The number of nitrogens with one attached hydrogen (secondary N) is 2. The highest BCUT2D eigenvalue weighted by Gasteiger charge is 2.34. The van der Waals surface area contributed by atoms with Gasteiger partial charge in [-0.25, -0.2) is 0 Å². The van der Waals surface area contributed by atoms with Gasteiger partial charge in [0.15, 0.2) is 5.11 Å². The van der Waals surface area contributed by atoms with Crippen molar-refractivity contribution in [2.75, 3.05) is 33.4 Å². The van der Waals surface area contributed by atoms with Crippen molar-refractivity contribution in [2.45, 2.75) is 12.5 Å². The van der Waals surface area contributed by atoms with E-state index in [2.05, 4.69) is 10.6 Å². The summed E-state index contributed by atoms with van der Waals surface area (Å²) in [4.78, 5) is 37.8. The van der Waals surface area contributed by atoms with Crippen LogP contribution >= 0.6 is 12.2 Å². The molecule has 0 saturated carbocycles. The van der Waals surface area contributed by atoms with Crippen molar-refractivity contribution in [3.8, 4) is 0 Å². The summed E-state index contributed by atoms with van der Waals surface area (Å²) < 4.78 is 9.84. The molecule has 2 N–H and O–H groups in total. The van der Waals surface area contributed by atoms with E-state index in [1.54, 1.807) is 6.08 Å². The number of methoxy groups -OCH3 is 1. The highest BCUT2D eigenvalue weighted by molar-refractivity contribution is 7.80. The molecule has 1 aliphatic rings. The first-order valence-corrected chi connectivity index (χ1v) is 9.19. The van der Waals surface area contributed by atoms with Crippen molar-refractivity contribution in [2.24, 2.45) is 0 Å². The number of thiocarbonyl (C=S) groups is 1. The number of esters is 1. The first-order chi connectivity index (χ1) is 13.5. The quantitative estimate of drug-likeness (QED) is 0.295. The van der Waals surface area contributed by atoms with Crippen LogP contribution in [0.15, 0.2) is 36.4 Å². The summed E-state index contributed by atoms with van der Waals surface area (Å²) in [6.45, 7) is 1.12. The van der Waals surface area contributed by atoms with Gasteiger partial charge in [-0.05, 0) is 23.9 Å². The lowest BCUT2D eigenvalue weighted by Gasteiger charge is -2.36. The number of ether oxygens (including phenoxy) is 2. The fourth-order valence-corrected chi connectivity index (χ4v) is 2.89. The molecule has 0 radical (unpaired) electrons. The van der Waals surface area contributed by atoms with Gasteiger partial charge in [0.25, 0.3) is 0 Å². The van der Waals surface area contributed by atoms with E-state index in [-0.39, 0.29) is 30.7 Å². The molecular formula is C19H23N3O5S. The molecule has 9 heteroatoms. The Morgan fingerprint density at radius 2 is 2.07 bits per heavy atom. The second-order valence-corrected chi connectivity index (χ2v) is 6.34. The third kappa shape index (κ3) is 6.75. The number of nitrogens with zero attached hydrogens (tertiary/aromatic N) is 1. The zero-order valence-electron chi connectivity index (χ0n) is 15.6. The molecule has 1 unspecified atom stereocenters. The van der Waals surface area contributed by atoms with Crippen LogP contribution in [0.25, 0.3) is 6.08 Å². The van der Waals surface area contributed by atoms with Crippen LogP contribution in [0.2, 0.25) is 0 Å². The van der Waals surface area contributed by atoms with Crippen LogP contribution in [0.5, 0.6) is 0 Å². The lowest BCUT2D eigenvalue weighted by atomic mass is 10.1. The van der Waals surface area contributed by atoms with Crippen LogP contribution in [0.4, 0.5) is 0 Å². The average Bonchev–Trinajstić information content (AvgIpc) is 2.69. The highest BCUT2D eigenvalue weighted by Crippen LogP contribution is 2.11. The van der Waals surface area contributed by atoms with Gasteiger partial charge >= 0.3 is 5.97 Å². The molecule has 0 aromatic heterocycles. The minimum absolute atomic E-state index is 0.0900. The zero-order chi connectivity index (χ0) is 20.4. The van der Waals surface area contributed by atoms with Gasteiger partial charge in [0.05, 0.1) is 13.0 Å². The Kier molecular flexibility index (Phi) is 8.57. The number of amides is 2. The maximum absolute atomic E-state index is 12.2. The minimum atomic E-state index is -0.838. The molecule has 1 aromatic carbocycles. The maximum atomic E-state index is 12.2. The Morgan fingerprint density at radius 1 is 1.32 bits per heavy atom. The van der Waals surface area contributed by atoms with Crippen molar-refractivity contribution < 1.29 is 23.9 Å². The molecule has 0 spiro atoms. The smallest absolute Gasteiger partial charge is 0.308 e. The van der Waals surface area contributed by atoms with Crippen molar-refractivity contribution in [1.82, 2.24) is 15.5 Å². The topological polar surface area (TPSA) is 97.0 Å². The van der Waals surface area contributed by atoms with Crippen molar-refractivity contribution in [3.63, 3.8) is 0 Å². The Morgan fingerprint density at radius 3 is 2.79 bits per heavy atom. The third-order valence-electron chi connectivity index (χ3n) is 3.96. The summed E-state index contributed by atoms with van der Waals surface area (Å²) in [6.07, 6.45) is 2.84. The zero-order valence-corrected chi connectivity index (χ0v) is 16.4. The molecule has 2 rings (SSSR count). The Balaban J connectivity index is 1.94. The van der Waals surface area contributed by atoms with E-state index in [0.717, 1.165) is 5.56 Å². The number of hydrogen-bond acceptors (Lipinski definition) is 6. The summed E-state index contributed by atoms with van der Waals surface area (Å²) in [7, 11) is 1.50. The van der Waals surface area contributed by atoms with Gasteiger partial charge in [-0.2, -0.15) is 0 Å². The van der Waals surface area contributed by atoms with Gasteiger partial charge in [0, 0.05) is 26.3 Å². The molecule has 2 amide bonds. The molecule has 28 heavy (non-hydrogen) atoms. The van der Waals surface area contributed by atoms with E-state index in [9.17, 15) is 14.4 Å². The van der Waals surface area contributed by atoms with Gasteiger partial charge in [0.2, 0.25) is 11.8 Å². The Labute approximate surface area is 168 Å². The van der Waals surface area contributed by atoms with Crippen LogP contribution in [0.1, 0.15) is 12.0 Å². The fourth-order valence-electron chi connectivity index (χ4n) is 2.57. The summed E-state index contributed by atoms with van der Waals surface area (Å²) in [5.41, 5.74) is 0.873. The summed E-state index contributed by atoms with van der Waals surface area (Å²) in [5, 5.41) is 5.36. The van der Waals surface area contributed by atoms with Gasteiger partial charge in [0.1, 0.15) is 12.6 Å². The first-order valence-electron chi connectivity index (χ1n) is 8.78. The lowest BCUT2D eigenvalue weighted by molar-refractivity contribution is -0.148. The molecule has 1 aliphatic heterocycles. The van der Waals surface area contributed by atoms with Crippen molar-refractivity contribution in [1.29, 1.82) is 0 Å². The van der Waals surface area contributed by atoms with Crippen LogP contribution in [-0.2, 0) is 23.9 Å². The molecule has 0 bridgehead atoms. The van der Waals surface area contributed by atoms with E-state index < -0.39 is 17.9 Å². The maximum Gasteiger partial charge on any atom is 0.308 e. The molecule has 8 nitrogen and oxygen atoms in total. The predicted molar refractivity (Wildman–Crippen MR) is 107 cm³/mol. The van der Waals surface area contributed by atoms with Crippen LogP contribution < -0.4 is 10.6 Å².